The van der Waals surface area contributed by atoms with Gasteiger partial charge in [0.05, 0.1) is 12.8 Å². The largest absolute Gasteiger partial charge is 0.467 e. The molecule has 3 heterocycles. The lowest BCUT2D eigenvalue weighted by Crippen LogP contribution is -2.52. The molecular weight excluding hydrogens is 566 g/mol. The summed E-state index contributed by atoms with van der Waals surface area (Å²) >= 11 is 0. The average molecular weight is 600 g/mol. The van der Waals surface area contributed by atoms with Crippen LogP contribution in [0.25, 0.3) is 11.8 Å². The van der Waals surface area contributed by atoms with Crippen molar-refractivity contribution in [3.63, 3.8) is 0 Å². The summed E-state index contributed by atoms with van der Waals surface area (Å²) in [5, 5.41) is 4.20. The Bertz CT molecular complexity index is 1760. The number of rotatable bonds is 10. The van der Waals surface area contributed by atoms with E-state index in [0.717, 1.165) is 28.8 Å². The minimum Gasteiger partial charge on any atom is -0.467 e. The monoisotopic (exact) mass is 599 g/mol. The molecule has 1 atom stereocenters. The van der Waals surface area contributed by atoms with Gasteiger partial charge in [-0.2, -0.15) is 5.10 Å². The Hall–Kier alpha value is -5.64. The number of hydrogen-bond donors (Lipinski definition) is 0. The first-order valence-electron chi connectivity index (χ1n) is 14.8. The van der Waals surface area contributed by atoms with E-state index in [-0.39, 0.29) is 24.4 Å². The van der Waals surface area contributed by atoms with Crippen molar-refractivity contribution in [1.29, 1.82) is 0 Å². The van der Waals surface area contributed by atoms with Crippen molar-refractivity contribution in [3.8, 4) is 11.7 Å². The Morgan fingerprint density at radius 2 is 1.67 bits per heavy atom. The smallest absolute Gasteiger partial charge is 0.316 e. The van der Waals surface area contributed by atoms with Gasteiger partial charge in [-0.25, -0.2) is 19.6 Å². The fourth-order valence-electron chi connectivity index (χ4n) is 5.48. The van der Waals surface area contributed by atoms with Crippen molar-refractivity contribution in [1.82, 2.24) is 34.5 Å². The maximum Gasteiger partial charge on any atom is 0.316 e. The molecular formula is C35H33N7O3. The summed E-state index contributed by atoms with van der Waals surface area (Å²) < 4.78 is 6.72. The number of carbonyl (C=O) groups excluding carboxylic acids is 2. The first-order valence-corrected chi connectivity index (χ1v) is 14.8. The summed E-state index contributed by atoms with van der Waals surface area (Å²) in [6.45, 7) is 1.33. The lowest BCUT2D eigenvalue weighted by molar-refractivity contribution is -0.144. The van der Waals surface area contributed by atoms with Gasteiger partial charge in [-0.05, 0) is 46.9 Å². The summed E-state index contributed by atoms with van der Waals surface area (Å²) in [7, 11) is 1.50. The number of benzene rings is 3. The second-order valence-corrected chi connectivity index (χ2v) is 10.8. The topological polar surface area (TPSA) is 106 Å². The van der Waals surface area contributed by atoms with Gasteiger partial charge in [0.2, 0.25) is 11.8 Å². The Balaban J connectivity index is 1.33. The third-order valence-electron chi connectivity index (χ3n) is 7.88. The Labute approximate surface area is 261 Å². The van der Waals surface area contributed by atoms with E-state index in [1.165, 1.54) is 25.1 Å². The van der Waals surface area contributed by atoms with E-state index in [4.69, 9.17) is 4.74 Å². The molecule has 6 rings (SSSR count). The highest BCUT2D eigenvalue weighted by atomic mass is 16.5. The highest BCUT2D eigenvalue weighted by Gasteiger charge is 2.34. The first kappa shape index (κ1) is 29.4. The number of fused-ring (bicyclic) bond motifs is 1. The molecule has 1 aliphatic rings. The van der Waals surface area contributed by atoms with E-state index in [1.54, 1.807) is 34.4 Å². The van der Waals surface area contributed by atoms with E-state index >= 15 is 0 Å². The van der Waals surface area contributed by atoms with E-state index in [9.17, 15) is 9.59 Å². The van der Waals surface area contributed by atoms with Crippen molar-refractivity contribution in [3.05, 3.63) is 138 Å². The fraction of sp³-hybridized carbons (Fsp3) is 0.200. The molecule has 226 valence electrons. The maximum absolute atomic E-state index is 14.5. The molecule has 0 radical (unpaired) electrons. The van der Waals surface area contributed by atoms with Crippen LogP contribution >= 0.6 is 0 Å². The zero-order valence-electron chi connectivity index (χ0n) is 24.9. The van der Waals surface area contributed by atoms with Crippen LogP contribution in [0.1, 0.15) is 27.8 Å². The van der Waals surface area contributed by atoms with Gasteiger partial charge >= 0.3 is 6.01 Å². The highest BCUT2D eigenvalue weighted by Crippen LogP contribution is 2.23. The predicted molar refractivity (Wildman–Crippen MR) is 169 cm³/mol. The van der Waals surface area contributed by atoms with Crippen LogP contribution in [0.15, 0.2) is 110 Å². The second-order valence-electron chi connectivity index (χ2n) is 10.8. The maximum atomic E-state index is 14.5. The molecule has 2 aromatic heterocycles. The van der Waals surface area contributed by atoms with Gasteiger partial charge in [0, 0.05) is 50.1 Å². The minimum absolute atomic E-state index is 0.0814. The number of nitrogens with zero attached hydrogens (tertiary/aromatic N) is 7. The third kappa shape index (κ3) is 7.13. The van der Waals surface area contributed by atoms with Crippen LogP contribution in [0, 0.1) is 0 Å². The SMILES string of the molecule is COc1ncc(C=CC(=O)N(Cc2ccc(-n3cncn3)cc2)[C@@H](Cc2ccccc2)C(=O)N2CCc3ccccc3C2)cn1. The number of hydrogen-bond acceptors (Lipinski definition) is 7. The van der Waals surface area contributed by atoms with Gasteiger partial charge in [0.15, 0.2) is 0 Å². The molecule has 5 aromatic rings. The molecule has 0 saturated carbocycles. The molecule has 10 heteroatoms. The number of aromatic nitrogens is 5. The predicted octanol–water partition coefficient (Wildman–Crippen LogP) is 4.30. The Morgan fingerprint density at radius 3 is 2.38 bits per heavy atom. The lowest BCUT2D eigenvalue weighted by Gasteiger charge is -2.37. The molecule has 0 spiro atoms. The summed E-state index contributed by atoms with van der Waals surface area (Å²) in [6, 6.07) is 25.3. The molecule has 0 N–H and O–H groups in total. The molecule has 0 aliphatic carbocycles. The normalized spacial score (nSPS) is 13.3. The molecule has 0 fully saturated rings. The molecule has 0 saturated heterocycles. The van der Waals surface area contributed by atoms with Gasteiger partial charge in [0.25, 0.3) is 0 Å². The van der Waals surface area contributed by atoms with Crippen LogP contribution in [0.4, 0.5) is 0 Å². The van der Waals surface area contributed by atoms with Crippen molar-refractivity contribution >= 4 is 17.9 Å². The van der Waals surface area contributed by atoms with E-state index in [0.29, 0.717) is 25.1 Å². The van der Waals surface area contributed by atoms with E-state index < -0.39 is 6.04 Å². The zero-order valence-corrected chi connectivity index (χ0v) is 24.9. The Kier molecular flexibility index (Phi) is 9.01. The third-order valence-corrected chi connectivity index (χ3v) is 7.88. The van der Waals surface area contributed by atoms with Gasteiger partial charge in [0.1, 0.15) is 18.7 Å². The van der Waals surface area contributed by atoms with E-state index in [2.05, 4.69) is 32.2 Å². The summed E-state index contributed by atoms with van der Waals surface area (Å²) in [4.78, 5) is 44.4. The van der Waals surface area contributed by atoms with Gasteiger partial charge in [-0.1, -0.05) is 66.7 Å². The molecule has 45 heavy (non-hydrogen) atoms. The van der Waals surface area contributed by atoms with Gasteiger partial charge in [-0.15, -0.1) is 0 Å². The number of carbonyl (C=O) groups is 2. The fourth-order valence-corrected chi connectivity index (χ4v) is 5.48. The molecule has 1 aliphatic heterocycles. The van der Waals surface area contributed by atoms with E-state index in [1.807, 2.05) is 71.6 Å². The van der Waals surface area contributed by atoms with Crippen LogP contribution in [-0.4, -0.2) is 66.0 Å². The van der Waals surface area contributed by atoms with Crippen LogP contribution in [0.5, 0.6) is 6.01 Å². The highest BCUT2D eigenvalue weighted by molar-refractivity contribution is 5.95. The van der Waals surface area contributed by atoms with Crippen LogP contribution < -0.4 is 4.74 Å². The molecule has 2 amide bonds. The van der Waals surface area contributed by atoms with Crippen LogP contribution in [0.2, 0.25) is 0 Å². The molecule has 0 bridgehead atoms. The first-order chi connectivity index (χ1) is 22.1. The summed E-state index contributed by atoms with van der Waals surface area (Å²) in [5.41, 5.74) is 5.73. The minimum atomic E-state index is -0.739. The second kappa shape index (κ2) is 13.8. The summed E-state index contributed by atoms with van der Waals surface area (Å²) in [6.07, 6.45) is 10.6. The molecule has 3 aromatic carbocycles. The average Bonchev–Trinajstić information content (AvgIpc) is 3.64. The van der Waals surface area contributed by atoms with Crippen molar-refractivity contribution in [2.45, 2.75) is 32.0 Å². The number of ether oxygens (including phenoxy) is 1. The standard InChI is InChI=1S/C35H33N7O3/c1-45-35-37-20-28(21-38-35)13-16-33(43)41(22-27-11-14-31(15-12-27)42-25-36-24-39-42)32(19-26-7-3-2-4-8-26)34(44)40-18-17-29-9-5-6-10-30(29)23-40/h2-16,20-21,24-25,32H,17-19,22-23H2,1H3/t32-/m0/s1. The van der Waals surface area contributed by atoms with Crippen molar-refractivity contribution < 1.29 is 14.3 Å². The van der Waals surface area contributed by atoms with Gasteiger partial charge < -0.3 is 14.5 Å². The number of amides is 2. The Morgan fingerprint density at radius 1 is 0.933 bits per heavy atom. The lowest BCUT2D eigenvalue weighted by atomic mass is 9.97. The van der Waals surface area contributed by atoms with Crippen LogP contribution in [-0.2, 0) is 35.5 Å². The van der Waals surface area contributed by atoms with Gasteiger partial charge in [-0.3, -0.25) is 9.59 Å². The van der Waals surface area contributed by atoms with Crippen molar-refractivity contribution in [2.24, 2.45) is 0 Å². The number of methoxy groups -OCH3 is 1. The van der Waals surface area contributed by atoms with Crippen LogP contribution in [0.3, 0.4) is 0 Å². The van der Waals surface area contributed by atoms with Crippen molar-refractivity contribution in [2.75, 3.05) is 13.7 Å². The zero-order chi connectivity index (χ0) is 31.0. The quantitative estimate of drug-likeness (QED) is 0.220. The molecule has 10 nitrogen and oxygen atoms in total. The summed E-state index contributed by atoms with van der Waals surface area (Å²) in [5.74, 6) is -0.375. The molecule has 0 unspecified atom stereocenters.